The first-order valence-corrected chi connectivity index (χ1v) is 4.38. The van der Waals surface area contributed by atoms with Gasteiger partial charge in [0.05, 0.1) is 0 Å². The van der Waals surface area contributed by atoms with Crippen molar-refractivity contribution in [2.75, 3.05) is 0 Å². The molecule has 0 radical (unpaired) electrons. The average molecular weight is 164 g/mol. The van der Waals surface area contributed by atoms with E-state index in [9.17, 15) is 4.79 Å². The Morgan fingerprint density at radius 2 is 2.42 bits per heavy atom. The Bertz CT molecular complexity index is 227. The first-order chi connectivity index (χ1) is 5.60. The Balaban J connectivity index is 2.93. The van der Waals surface area contributed by atoms with E-state index in [1.54, 1.807) is 0 Å². The summed E-state index contributed by atoms with van der Waals surface area (Å²) < 4.78 is 0. The number of carbonyl (C=O) groups is 1. The van der Waals surface area contributed by atoms with Gasteiger partial charge in [-0.1, -0.05) is 31.2 Å². The van der Waals surface area contributed by atoms with Gasteiger partial charge in [0.1, 0.15) is 6.29 Å². The maximum Gasteiger partial charge on any atom is 0.126 e. The van der Waals surface area contributed by atoms with E-state index >= 15 is 0 Å². The second kappa shape index (κ2) is 3.26. The maximum absolute atomic E-state index is 10.9. The van der Waals surface area contributed by atoms with Gasteiger partial charge in [0.2, 0.25) is 0 Å². The fourth-order valence-corrected chi connectivity index (χ4v) is 1.86. The zero-order valence-corrected chi connectivity index (χ0v) is 7.84. The van der Waals surface area contributed by atoms with Crippen molar-refractivity contribution in [3.8, 4) is 0 Å². The first-order valence-electron chi connectivity index (χ1n) is 4.38. The lowest BCUT2D eigenvalue weighted by Crippen LogP contribution is -2.30. The van der Waals surface area contributed by atoms with Crippen molar-refractivity contribution < 1.29 is 4.79 Å². The Labute approximate surface area is 74.2 Å². The maximum atomic E-state index is 10.9. The summed E-state index contributed by atoms with van der Waals surface area (Å²) in [7, 11) is 0. The summed E-state index contributed by atoms with van der Waals surface area (Å²) in [4.78, 5) is 10.9. The van der Waals surface area contributed by atoms with E-state index in [4.69, 9.17) is 0 Å². The molecule has 0 aliphatic heterocycles. The van der Waals surface area contributed by atoms with Gasteiger partial charge in [-0.2, -0.15) is 0 Å². The lowest BCUT2D eigenvalue weighted by atomic mass is 9.69. The Morgan fingerprint density at radius 3 is 2.83 bits per heavy atom. The minimum atomic E-state index is -0.208. The summed E-state index contributed by atoms with van der Waals surface area (Å²) in [5, 5.41) is 0. The number of hydrogen-bond acceptors (Lipinski definition) is 1. The summed E-state index contributed by atoms with van der Waals surface area (Å²) in [6.45, 7) is 7.92. The molecular formula is C11H16O. The zero-order chi connectivity index (χ0) is 9.19. The molecule has 0 bridgehead atoms. The third kappa shape index (κ3) is 1.50. The van der Waals surface area contributed by atoms with Crippen LogP contribution in [0.4, 0.5) is 0 Å². The van der Waals surface area contributed by atoms with Crippen molar-refractivity contribution in [3.63, 3.8) is 0 Å². The molecule has 1 nitrogen and oxygen atoms in total. The van der Waals surface area contributed by atoms with Crippen LogP contribution in [0.25, 0.3) is 0 Å². The molecule has 0 aromatic heterocycles. The molecule has 2 atom stereocenters. The molecule has 1 aliphatic rings. The highest BCUT2D eigenvalue weighted by molar-refractivity contribution is 5.61. The molecule has 12 heavy (non-hydrogen) atoms. The van der Waals surface area contributed by atoms with E-state index in [0.29, 0.717) is 0 Å². The predicted octanol–water partition coefficient (Wildman–Crippen LogP) is 2.73. The fourth-order valence-electron chi connectivity index (χ4n) is 1.86. The molecule has 0 saturated heterocycles. The van der Waals surface area contributed by atoms with Gasteiger partial charge in [0.25, 0.3) is 0 Å². The van der Waals surface area contributed by atoms with Crippen LogP contribution in [-0.2, 0) is 4.79 Å². The molecule has 0 aromatic rings. The molecule has 0 aromatic carbocycles. The molecule has 0 heterocycles. The lowest BCUT2D eigenvalue weighted by molar-refractivity contribution is -0.117. The molecule has 0 spiro atoms. The van der Waals surface area contributed by atoms with E-state index < -0.39 is 0 Å². The van der Waals surface area contributed by atoms with Crippen molar-refractivity contribution in [1.82, 2.24) is 0 Å². The van der Waals surface area contributed by atoms with E-state index in [0.717, 1.165) is 24.7 Å². The molecule has 1 aliphatic carbocycles. The summed E-state index contributed by atoms with van der Waals surface area (Å²) in [5.74, 6) is 0.240. The van der Waals surface area contributed by atoms with Crippen molar-refractivity contribution in [2.24, 2.45) is 11.3 Å². The average Bonchev–Trinajstić information content (AvgIpc) is 2.05. The molecule has 1 rings (SSSR count). The normalized spacial score (nSPS) is 34.7. The van der Waals surface area contributed by atoms with Crippen LogP contribution in [0.15, 0.2) is 24.3 Å². The quantitative estimate of drug-likeness (QED) is 0.453. The molecule has 0 saturated carbocycles. The highest BCUT2D eigenvalue weighted by atomic mass is 16.1. The molecule has 0 N–H and O–H groups in total. The zero-order valence-electron chi connectivity index (χ0n) is 7.84. The third-order valence-electron chi connectivity index (χ3n) is 2.69. The monoisotopic (exact) mass is 164 g/mol. The summed E-state index contributed by atoms with van der Waals surface area (Å²) in [6.07, 6.45) is 7.30. The number of allylic oxidation sites excluding steroid dienone is 3. The lowest BCUT2D eigenvalue weighted by Gasteiger charge is -2.33. The fraction of sp³-hybridized carbons (Fsp3) is 0.545. The van der Waals surface area contributed by atoms with Crippen molar-refractivity contribution in [1.29, 1.82) is 0 Å². The van der Waals surface area contributed by atoms with Gasteiger partial charge in [0, 0.05) is 11.3 Å². The summed E-state index contributed by atoms with van der Waals surface area (Å²) >= 11 is 0. The topological polar surface area (TPSA) is 17.1 Å². The Kier molecular flexibility index (Phi) is 2.51. The van der Waals surface area contributed by atoms with Crippen LogP contribution in [0.1, 0.15) is 26.7 Å². The molecule has 2 unspecified atom stereocenters. The summed E-state index contributed by atoms with van der Waals surface area (Å²) in [6, 6.07) is 0. The van der Waals surface area contributed by atoms with E-state index in [-0.39, 0.29) is 11.3 Å². The Hall–Kier alpha value is -0.850. The van der Waals surface area contributed by atoms with Gasteiger partial charge in [-0.25, -0.2) is 0 Å². The second-order valence-corrected chi connectivity index (χ2v) is 3.91. The number of aldehydes is 1. The highest BCUT2D eigenvalue weighted by Gasteiger charge is 2.33. The van der Waals surface area contributed by atoms with Crippen LogP contribution in [0.3, 0.4) is 0 Å². The van der Waals surface area contributed by atoms with Gasteiger partial charge in [-0.3, -0.25) is 0 Å². The number of rotatable bonds is 2. The van der Waals surface area contributed by atoms with Crippen molar-refractivity contribution >= 4 is 6.29 Å². The van der Waals surface area contributed by atoms with Crippen LogP contribution in [-0.4, -0.2) is 6.29 Å². The third-order valence-corrected chi connectivity index (χ3v) is 2.69. The molecular weight excluding hydrogens is 148 g/mol. The predicted molar refractivity (Wildman–Crippen MR) is 50.8 cm³/mol. The van der Waals surface area contributed by atoms with Gasteiger partial charge in [-0.05, 0) is 19.8 Å². The molecule has 66 valence electrons. The SMILES string of the molecule is C=C(C)C1C=CCCC1(C)C=O. The molecule has 0 amide bonds. The van der Waals surface area contributed by atoms with E-state index in [1.165, 1.54) is 0 Å². The van der Waals surface area contributed by atoms with Crippen LogP contribution in [0.5, 0.6) is 0 Å². The summed E-state index contributed by atoms with van der Waals surface area (Å²) in [5.41, 5.74) is 0.876. The highest BCUT2D eigenvalue weighted by Crippen LogP contribution is 2.38. The van der Waals surface area contributed by atoms with E-state index in [2.05, 4.69) is 18.7 Å². The van der Waals surface area contributed by atoms with Gasteiger partial charge in [0.15, 0.2) is 0 Å². The number of hydrogen-bond donors (Lipinski definition) is 0. The van der Waals surface area contributed by atoms with Crippen LogP contribution >= 0.6 is 0 Å². The largest absolute Gasteiger partial charge is 0.303 e. The minimum Gasteiger partial charge on any atom is -0.303 e. The van der Waals surface area contributed by atoms with Crippen LogP contribution in [0.2, 0.25) is 0 Å². The second-order valence-electron chi connectivity index (χ2n) is 3.91. The van der Waals surface area contributed by atoms with Crippen molar-refractivity contribution in [3.05, 3.63) is 24.3 Å². The van der Waals surface area contributed by atoms with E-state index in [1.807, 2.05) is 13.8 Å². The van der Waals surface area contributed by atoms with Crippen molar-refractivity contribution in [2.45, 2.75) is 26.7 Å². The molecule has 0 fully saturated rings. The standard InChI is InChI=1S/C11H16O/c1-9(2)10-6-4-5-7-11(10,3)8-12/h4,6,8,10H,1,5,7H2,2-3H3. The van der Waals surface area contributed by atoms with Gasteiger partial charge < -0.3 is 4.79 Å². The smallest absolute Gasteiger partial charge is 0.126 e. The minimum absolute atomic E-state index is 0.208. The van der Waals surface area contributed by atoms with Crippen LogP contribution in [0, 0.1) is 11.3 Å². The first kappa shape index (κ1) is 9.24. The number of carbonyl (C=O) groups excluding carboxylic acids is 1. The Morgan fingerprint density at radius 1 is 1.75 bits per heavy atom. The van der Waals surface area contributed by atoms with Gasteiger partial charge in [-0.15, -0.1) is 0 Å². The molecule has 1 heteroatoms. The van der Waals surface area contributed by atoms with Gasteiger partial charge >= 0.3 is 0 Å². The van der Waals surface area contributed by atoms with Crippen LogP contribution < -0.4 is 0 Å².